The number of carboxylic acid groups (broad SMARTS) is 1. The van der Waals surface area contributed by atoms with Crippen molar-refractivity contribution < 1.29 is 24.3 Å². The first-order valence-electron chi connectivity index (χ1n) is 11.3. The van der Waals surface area contributed by atoms with Gasteiger partial charge in [-0.25, -0.2) is 4.79 Å². The molecule has 2 heterocycles. The lowest BCUT2D eigenvalue weighted by molar-refractivity contribution is -0.135. The molecule has 0 aromatic heterocycles. The SMILES string of the molecule is CON=C1CN(C(=O)C2CC=C(c3ccc(OCC4CCN(C(=O)O)CC4)cc3)CC2)C1. The van der Waals surface area contributed by atoms with Gasteiger partial charge in [0.25, 0.3) is 0 Å². The number of amides is 2. The second-order valence-corrected chi connectivity index (χ2v) is 8.78. The lowest BCUT2D eigenvalue weighted by atomic mass is 9.85. The lowest BCUT2D eigenvalue weighted by Gasteiger charge is -2.35. The maximum absolute atomic E-state index is 12.6. The third-order valence-corrected chi connectivity index (χ3v) is 6.63. The Morgan fingerprint density at radius 1 is 1.09 bits per heavy atom. The second kappa shape index (κ2) is 10.1. The molecule has 2 amide bonds. The first kappa shape index (κ1) is 22.2. The quantitative estimate of drug-likeness (QED) is 0.683. The topological polar surface area (TPSA) is 91.7 Å². The molecule has 1 unspecified atom stereocenters. The summed E-state index contributed by atoms with van der Waals surface area (Å²) in [7, 11) is 1.52. The highest BCUT2D eigenvalue weighted by molar-refractivity contribution is 6.00. The Morgan fingerprint density at radius 3 is 2.41 bits per heavy atom. The van der Waals surface area contributed by atoms with Gasteiger partial charge in [-0.05, 0) is 61.3 Å². The molecular formula is C24H31N3O5. The molecule has 1 N–H and O–H groups in total. The van der Waals surface area contributed by atoms with Crippen LogP contribution in [0.15, 0.2) is 35.5 Å². The Kier molecular flexibility index (Phi) is 6.97. The number of carbonyl (C=O) groups excluding carboxylic acids is 1. The zero-order valence-corrected chi connectivity index (χ0v) is 18.5. The average Bonchev–Trinajstić information content (AvgIpc) is 2.80. The summed E-state index contributed by atoms with van der Waals surface area (Å²) in [5, 5.41) is 12.9. The van der Waals surface area contributed by atoms with Crippen molar-refractivity contribution in [1.29, 1.82) is 0 Å². The third kappa shape index (κ3) is 5.23. The molecule has 172 valence electrons. The molecule has 8 nitrogen and oxygen atoms in total. The highest BCUT2D eigenvalue weighted by atomic mass is 16.6. The number of rotatable bonds is 6. The number of piperidine rings is 1. The summed E-state index contributed by atoms with van der Waals surface area (Å²) in [6.45, 7) is 2.95. The van der Waals surface area contributed by atoms with Crippen molar-refractivity contribution in [2.24, 2.45) is 17.0 Å². The number of oxime groups is 1. The molecular weight excluding hydrogens is 410 g/mol. The molecule has 2 aliphatic heterocycles. The standard InChI is InChI=1S/C24H31N3O5/c1-31-25-21-14-27(15-21)23(28)20-4-2-18(3-5-20)19-6-8-22(9-7-19)32-16-17-10-12-26(13-11-17)24(29)30/h2,6-9,17,20H,3-5,10-16H2,1H3,(H,29,30). The number of nitrogens with zero attached hydrogens (tertiary/aromatic N) is 3. The van der Waals surface area contributed by atoms with Crippen molar-refractivity contribution in [2.75, 3.05) is 39.9 Å². The van der Waals surface area contributed by atoms with Gasteiger partial charge in [0.15, 0.2) is 0 Å². The molecule has 1 atom stereocenters. The Morgan fingerprint density at radius 2 is 1.81 bits per heavy atom. The van der Waals surface area contributed by atoms with Crippen molar-refractivity contribution in [3.8, 4) is 5.75 Å². The minimum atomic E-state index is -0.834. The summed E-state index contributed by atoms with van der Waals surface area (Å²) in [5.41, 5.74) is 3.38. The number of hydrogen-bond donors (Lipinski definition) is 1. The van der Waals surface area contributed by atoms with Crippen molar-refractivity contribution in [2.45, 2.75) is 32.1 Å². The van der Waals surface area contributed by atoms with E-state index >= 15 is 0 Å². The maximum Gasteiger partial charge on any atom is 0.407 e. The van der Waals surface area contributed by atoms with Crippen LogP contribution in [0.1, 0.15) is 37.7 Å². The van der Waals surface area contributed by atoms with Crippen LogP contribution < -0.4 is 4.74 Å². The summed E-state index contributed by atoms with van der Waals surface area (Å²) in [5.74, 6) is 1.50. The van der Waals surface area contributed by atoms with E-state index in [1.54, 1.807) is 0 Å². The highest BCUT2D eigenvalue weighted by Gasteiger charge is 2.33. The highest BCUT2D eigenvalue weighted by Crippen LogP contribution is 2.32. The monoisotopic (exact) mass is 441 g/mol. The Labute approximate surface area is 188 Å². The van der Waals surface area contributed by atoms with Crippen LogP contribution in [0.25, 0.3) is 5.57 Å². The van der Waals surface area contributed by atoms with Crippen LogP contribution in [0.4, 0.5) is 4.79 Å². The number of benzene rings is 1. The summed E-state index contributed by atoms with van der Waals surface area (Å²) in [6.07, 6.45) is 5.58. The van der Waals surface area contributed by atoms with Crippen LogP contribution in [0.3, 0.4) is 0 Å². The molecule has 0 spiro atoms. The van der Waals surface area contributed by atoms with E-state index < -0.39 is 6.09 Å². The number of hydrogen-bond acceptors (Lipinski definition) is 5. The molecule has 1 aromatic rings. The molecule has 1 aromatic carbocycles. The lowest BCUT2D eigenvalue weighted by Crippen LogP contribution is -2.52. The van der Waals surface area contributed by atoms with Crippen LogP contribution in [-0.2, 0) is 9.63 Å². The van der Waals surface area contributed by atoms with E-state index in [2.05, 4.69) is 23.4 Å². The average molecular weight is 442 g/mol. The molecule has 1 aliphatic carbocycles. The van der Waals surface area contributed by atoms with Gasteiger partial charge in [0.05, 0.1) is 25.4 Å². The van der Waals surface area contributed by atoms with Crippen molar-refractivity contribution in [1.82, 2.24) is 9.80 Å². The molecule has 2 saturated heterocycles. The summed E-state index contributed by atoms with van der Waals surface area (Å²) < 4.78 is 5.95. The summed E-state index contributed by atoms with van der Waals surface area (Å²) in [6, 6.07) is 8.16. The Hall–Kier alpha value is -3.03. The zero-order valence-electron chi connectivity index (χ0n) is 18.5. The maximum atomic E-state index is 12.6. The second-order valence-electron chi connectivity index (χ2n) is 8.78. The van der Waals surface area contributed by atoms with Crippen LogP contribution in [-0.4, -0.2) is 72.5 Å². The summed E-state index contributed by atoms with van der Waals surface area (Å²) in [4.78, 5) is 31.7. The van der Waals surface area contributed by atoms with Crippen LogP contribution in [0.2, 0.25) is 0 Å². The predicted octanol–water partition coefficient (Wildman–Crippen LogP) is 3.48. The molecule has 0 bridgehead atoms. The molecule has 3 aliphatic rings. The van der Waals surface area contributed by atoms with Gasteiger partial charge in [-0.1, -0.05) is 23.4 Å². The minimum absolute atomic E-state index is 0.0537. The van der Waals surface area contributed by atoms with Crippen LogP contribution in [0, 0.1) is 11.8 Å². The van der Waals surface area contributed by atoms with Gasteiger partial charge in [0, 0.05) is 19.0 Å². The fourth-order valence-corrected chi connectivity index (χ4v) is 4.59. The van der Waals surface area contributed by atoms with E-state index in [0.717, 1.165) is 43.6 Å². The molecule has 8 heteroatoms. The van der Waals surface area contributed by atoms with Gasteiger partial charge in [-0.2, -0.15) is 0 Å². The fraction of sp³-hybridized carbons (Fsp3) is 0.542. The van der Waals surface area contributed by atoms with Crippen LogP contribution in [0.5, 0.6) is 5.75 Å². The molecule has 32 heavy (non-hydrogen) atoms. The first-order valence-corrected chi connectivity index (χ1v) is 11.3. The molecule has 0 radical (unpaired) electrons. The molecule has 2 fully saturated rings. The van der Waals surface area contributed by atoms with Gasteiger partial charge < -0.3 is 24.5 Å². The van der Waals surface area contributed by atoms with E-state index in [0.29, 0.717) is 38.7 Å². The van der Waals surface area contributed by atoms with Crippen molar-refractivity contribution in [3.05, 3.63) is 35.9 Å². The number of ether oxygens (including phenoxy) is 1. The zero-order chi connectivity index (χ0) is 22.5. The normalized spacial score (nSPS) is 21.5. The Bertz CT molecular complexity index is 879. The smallest absolute Gasteiger partial charge is 0.407 e. The van der Waals surface area contributed by atoms with E-state index in [-0.39, 0.29) is 11.8 Å². The van der Waals surface area contributed by atoms with E-state index in [1.807, 2.05) is 17.0 Å². The number of carbonyl (C=O) groups is 2. The van der Waals surface area contributed by atoms with E-state index in [9.17, 15) is 9.59 Å². The van der Waals surface area contributed by atoms with Crippen molar-refractivity contribution in [3.63, 3.8) is 0 Å². The van der Waals surface area contributed by atoms with E-state index in [1.165, 1.54) is 23.1 Å². The number of likely N-dealkylation sites (tertiary alicyclic amines) is 2. The number of allylic oxidation sites excluding steroid dienone is 2. The summed E-state index contributed by atoms with van der Waals surface area (Å²) >= 11 is 0. The molecule has 4 rings (SSSR count). The third-order valence-electron chi connectivity index (χ3n) is 6.63. The predicted molar refractivity (Wildman–Crippen MR) is 121 cm³/mol. The Balaban J connectivity index is 1.23. The minimum Gasteiger partial charge on any atom is -0.493 e. The van der Waals surface area contributed by atoms with Crippen molar-refractivity contribution >= 4 is 23.3 Å². The van der Waals surface area contributed by atoms with Gasteiger partial charge in [0.1, 0.15) is 12.9 Å². The van der Waals surface area contributed by atoms with E-state index in [4.69, 9.17) is 14.7 Å². The van der Waals surface area contributed by atoms with Gasteiger partial charge in [-0.3, -0.25) is 4.79 Å². The largest absolute Gasteiger partial charge is 0.493 e. The van der Waals surface area contributed by atoms with Crippen LogP contribution >= 0.6 is 0 Å². The molecule has 0 saturated carbocycles. The first-order chi connectivity index (χ1) is 15.5. The fourth-order valence-electron chi connectivity index (χ4n) is 4.59. The van der Waals surface area contributed by atoms with Gasteiger partial charge >= 0.3 is 6.09 Å². The van der Waals surface area contributed by atoms with Gasteiger partial charge in [0.2, 0.25) is 5.91 Å². The van der Waals surface area contributed by atoms with Gasteiger partial charge in [-0.15, -0.1) is 0 Å².